The molecule has 0 unspecified atom stereocenters. The molecule has 1 N–H and O–H groups in total. The number of carbonyl (C=O) groups is 2. The molecule has 1 fully saturated rings. The zero-order valence-electron chi connectivity index (χ0n) is 21.7. The standard InChI is InChI=1S/C28H29N5O4S2/c1-2-37-28(35)17-7-9-18(10-8-17)31-21(34)15-38-27-24-23(29-16-30-27)22-19-5-3-4-6-20(19)25(32-26(22)39-24)33-11-13-36-14-12-33/h7-10,16H,2-6,11-15H2,1H3,(H,31,34). The summed E-state index contributed by atoms with van der Waals surface area (Å²) in [6.07, 6.45) is 6.00. The fourth-order valence-corrected chi connectivity index (χ4v) is 7.22. The Labute approximate surface area is 234 Å². The number of fused-ring (bicyclic) bond motifs is 5. The Kier molecular flexibility index (Phi) is 7.62. The molecule has 0 saturated carbocycles. The number of morpholine rings is 1. The van der Waals surface area contributed by atoms with E-state index < -0.39 is 0 Å². The zero-order valence-corrected chi connectivity index (χ0v) is 23.3. The van der Waals surface area contributed by atoms with Crippen LogP contribution in [-0.4, -0.2) is 65.5 Å². The topological polar surface area (TPSA) is 107 Å². The Morgan fingerprint density at radius 1 is 1.10 bits per heavy atom. The van der Waals surface area contributed by atoms with E-state index in [4.69, 9.17) is 14.5 Å². The fraction of sp³-hybridized carbons (Fsp3) is 0.393. The van der Waals surface area contributed by atoms with Crippen molar-refractivity contribution in [2.75, 3.05) is 48.9 Å². The molecule has 0 bridgehead atoms. The highest BCUT2D eigenvalue weighted by Crippen LogP contribution is 2.43. The number of amides is 1. The summed E-state index contributed by atoms with van der Waals surface area (Å²) in [5.41, 5.74) is 4.73. The predicted octanol–water partition coefficient (Wildman–Crippen LogP) is 4.86. The van der Waals surface area contributed by atoms with Crippen LogP contribution in [0.15, 0.2) is 35.6 Å². The van der Waals surface area contributed by atoms with E-state index in [0.29, 0.717) is 17.9 Å². The third kappa shape index (κ3) is 5.30. The van der Waals surface area contributed by atoms with Crippen molar-refractivity contribution in [3.05, 3.63) is 47.3 Å². The van der Waals surface area contributed by atoms with Crippen LogP contribution in [0.25, 0.3) is 20.4 Å². The minimum atomic E-state index is -0.380. The van der Waals surface area contributed by atoms with Crippen molar-refractivity contribution in [1.29, 1.82) is 0 Å². The lowest BCUT2D eigenvalue weighted by Crippen LogP contribution is -2.37. The summed E-state index contributed by atoms with van der Waals surface area (Å²) in [4.78, 5) is 42.3. The second-order valence-corrected chi connectivity index (χ2v) is 11.4. The summed E-state index contributed by atoms with van der Waals surface area (Å²) in [6, 6.07) is 6.69. The molecule has 1 aliphatic carbocycles. The molecule has 1 amide bonds. The smallest absolute Gasteiger partial charge is 0.338 e. The summed E-state index contributed by atoms with van der Waals surface area (Å²) >= 11 is 3.01. The van der Waals surface area contributed by atoms with Gasteiger partial charge in [0.05, 0.1) is 41.4 Å². The van der Waals surface area contributed by atoms with Gasteiger partial charge in [0, 0.05) is 24.2 Å². The van der Waals surface area contributed by atoms with E-state index in [-0.39, 0.29) is 17.6 Å². The number of nitrogens with one attached hydrogen (secondary N) is 1. The SMILES string of the molecule is CCOC(=O)c1ccc(NC(=O)CSc2ncnc3c2sc2nc(N4CCOCC4)c4c(c23)CCCC4)cc1. The summed E-state index contributed by atoms with van der Waals surface area (Å²) in [5.74, 6) is 0.768. The number of carbonyl (C=O) groups excluding carboxylic acids is 2. The quantitative estimate of drug-likeness (QED) is 0.192. The van der Waals surface area contributed by atoms with Gasteiger partial charge in [-0.1, -0.05) is 11.8 Å². The number of hydrogen-bond donors (Lipinski definition) is 1. The highest BCUT2D eigenvalue weighted by molar-refractivity contribution is 8.00. The van der Waals surface area contributed by atoms with Gasteiger partial charge in [-0.05, 0) is 68.0 Å². The number of aryl methyl sites for hydroxylation is 1. The van der Waals surface area contributed by atoms with Crippen LogP contribution in [0.5, 0.6) is 0 Å². The van der Waals surface area contributed by atoms with Crippen LogP contribution in [0, 0.1) is 0 Å². The summed E-state index contributed by atoms with van der Waals surface area (Å²) < 4.78 is 11.6. The largest absolute Gasteiger partial charge is 0.462 e. The minimum Gasteiger partial charge on any atom is -0.462 e. The van der Waals surface area contributed by atoms with E-state index >= 15 is 0 Å². The van der Waals surface area contributed by atoms with Crippen molar-refractivity contribution in [3.8, 4) is 0 Å². The van der Waals surface area contributed by atoms with Crippen molar-refractivity contribution in [1.82, 2.24) is 15.0 Å². The maximum atomic E-state index is 12.7. The van der Waals surface area contributed by atoms with Gasteiger partial charge in [-0.3, -0.25) is 4.79 Å². The van der Waals surface area contributed by atoms with Crippen LogP contribution in [0.1, 0.15) is 41.3 Å². The molecule has 1 aliphatic heterocycles. The molecule has 0 spiro atoms. The van der Waals surface area contributed by atoms with Gasteiger partial charge in [-0.2, -0.15) is 0 Å². The summed E-state index contributed by atoms with van der Waals surface area (Å²) in [5, 5.41) is 4.83. The Balaban J connectivity index is 1.24. The molecule has 9 nitrogen and oxygen atoms in total. The second-order valence-electron chi connectivity index (χ2n) is 9.47. The lowest BCUT2D eigenvalue weighted by atomic mass is 9.90. The maximum Gasteiger partial charge on any atom is 0.338 e. The normalized spacial score (nSPS) is 15.4. The van der Waals surface area contributed by atoms with Crippen molar-refractivity contribution >= 4 is 66.9 Å². The van der Waals surface area contributed by atoms with Gasteiger partial charge in [0.1, 0.15) is 22.0 Å². The number of pyridine rings is 1. The van der Waals surface area contributed by atoms with Gasteiger partial charge in [0.2, 0.25) is 5.91 Å². The molecule has 4 heterocycles. The van der Waals surface area contributed by atoms with Gasteiger partial charge >= 0.3 is 5.97 Å². The monoisotopic (exact) mass is 563 g/mol. The minimum absolute atomic E-state index is 0.151. The van der Waals surface area contributed by atoms with E-state index in [9.17, 15) is 9.59 Å². The van der Waals surface area contributed by atoms with E-state index in [1.807, 2.05) is 0 Å². The fourth-order valence-electron chi connectivity index (χ4n) is 5.19. The molecular weight excluding hydrogens is 534 g/mol. The molecule has 39 heavy (non-hydrogen) atoms. The predicted molar refractivity (Wildman–Crippen MR) is 154 cm³/mol. The molecule has 2 aliphatic rings. The number of hydrogen-bond acceptors (Lipinski definition) is 10. The van der Waals surface area contributed by atoms with Crippen molar-refractivity contribution in [2.24, 2.45) is 0 Å². The Morgan fingerprint density at radius 2 is 1.87 bits per heavy atom. The first-order valence-electron chi connectivity index (χ1n) is 13.2. The first-order valence-corrected chi connectivity index (χ1v) is 15.0. The van der Waals surface area contributed by atoms with Gasteiger partial charge < -0.3 is 19.7 Å². The first-order chi connectivity index (χ1) is 19.1. The number of ether oxygens (including phenoxy) is 2. The van der Waals surface area contributed by atoms with Crippen LogP contribution in [0.4, 0.5) is 11.5 Å². The van der Waals surface area contributed by atoms with E-state index in [1.54, 1.807) is 48.9 Å². The number of thioether (sulfide) groups is 1. The molecule has 0 atom stereocenters. The summed E-state index contributed by atoms with van der Waals surface area (Å²) in [6.45, 7) is 5.25. The van der Waals surface area contributed by atoms with Gasteiger partial charge in [-0.15, -0.1) is 11.3 Å². The van der Waals surface area contributed by atoms with Crippen LogP contribution in [0.2, 0.25) is 0 Å². The van der Waals surface area contributed by atoms with E-state index in [2.05, 4.69) is 20.2 Å². The number of rotatable bonds is 7. The number of anilines is 2. The van der Waals surface area contributed by atoms with Crippen molar-refractivity contribution in [3.63, 3.8) is 0 Å². The Hall–Kier alpha value is -3.28. The highest BCUT2D eigenvalue weighted by Gasteiger charge is 2.26. The molecular formula is C28H29N5O4S2. The molecule has 1 aromatic carbocycles. The lowest BCUT2D eigenvalue weighted by Gasteiger charge is -2.31. The Morgan fingerprint density at radius 3 is 2.64 bits per heavy atom. The van der Waals surface area contributed by atoms with Gasteiger partial charge in [0.15, 0.2) is 0 Å². The third-order valence-electron chi connectivity index (χ3n) is 7.00. The number of benzene rings is 1. The van der Waals surface area contributed by atoms with E-state index in [0.717, 1.165) is 70.4 Å². The lowest BCUT2D eigenvalue weighted by molar-refractivity contribution is -0.113. The molecule has 6 rings (SSSR count). The van der Waals surface area contributed by atoms with Crippen LogP contribution in [0.3, 0.4) is 0 Å². The second kappa shape index (κ2) is 11.4. The molecule has 11 heteroatoms. The van der Waals surface area contributed by atoms with Crippen LogP contribution < -0.4 is 10.2 Å². The Bertz CT molecular complexity index is 1530. The van der Waals surface area contributed by atoms with Gasteiger partial charge in [0.25, 0.3) is 0 Å². The highest BCUT2D eigenvalue weighted by atomic mass is 32.2. The number of aromatic nitrogens is 3. The van der Waals surface area contributed by atoms with E-state index in [1.165, 1.54) is 35.7 Å². The zero-order chi connectivity index (χ0) is 26.8. The number of esters is 1. The van der Waals surface area contributed by atoms with Crippen LogP contribution >= 0.6 is 23.1 Å². The van der Waals surface area contributed by atoms with Crippen molar-refractivity contribution in [2.45, 2.75) is 37.6 Å². The maximum absolute atomic E-state index is 12.7. The molecule has 3 aromatic heterocycles. The molecule has 1 saturated heterocycles. The molecule has 0 radical (unpaired) electrons. The average molecular weight is 564 g/mol. The summed E-state index contributed by atoms with van der Waals surface area (Å²) in [7, 11) is 0. The van der Waals surface area contributed by atoms with Crippen LogP contribution in [-0.2, 0) is 27.1 Å². The number of thiophene rings is 1. The molecule has 4 aromatic rings. The van der Waals surface area contributed by atoms with Gasteiger partial charge in [-0.25, -0.2) is 19.7 Å². The average Bonchev–Trinajstić information content (AvgIpc) is 3.36. The molecule has 202 valence electrons. The first kappa shape index (κ1) is 26.0. The number of nitrogens with zero attached hydrogens (tertiary/aromatic N) is 4. The third-order valence-corrected chi connectivity index (χ3v) is 9.20. The van der Waals surface area contributed by atoms with Crippen molar-refractivity contribution < 1.29 is 19.1 Å².